The number of carbonyl (C=O) groups is 2. The molecule has 2 heterocycles. The topological polar surface area (TPSA) is 156 Å². The van der Waals surface area contributed by atoms with E-state index in [1.165, 1.54) is 0 Å². The number of aliphatic hydroxyl groups is 2. The van der Waals surface area contributed by atoms with Crippen molar-refractivity contribution >= 4 is 23.4 Å². The van der Waals surface area contributed by atoms with E-state index in [4.69, 9.17) is 15.2 Å². The fourth-order valence-corrected chi connectivity index (χ4v) is 5.72. The monoisotopic (exact) mass is 616 g/mol. The van der Waals surface area contributed by atoms with Gasteiger partial charge in [0.15, 0.2) is 0 Å². The molecular formula is C34H56N4O6. The maximum Gasteiger partial charge on any atom is 0.243 e. The maximum absolute atomic E-state index is 12.8. The highest BCUT2D eigenvalue weighted by Gasteiger charge is 2.37. The highest BCUT2D eigenvalue weighted by Crippen LogP contribution is 2.29. The summed E-state index contributed by atoms with van der Waals surface area (Å²) in [5.74, 6) is -0.126. The fourth-order valence-electron chi connectivity index (χ4n) is 5.72. The number of allylic oxidation sites excluding steroid dienone is 2. The Morgan fingerprint density at radius 1 is 1.16 bits per heavy atom. The van der Waals surface area contributed by atoms with Crippen LogP contribution in [0.15, 0.2) is 45.9 Å². The number of nitrogens with one attached hydrogen (secondary N) is 1. The molecule has 0 spiro atoms. The first-order chi connectivity index (χ1) is 20.9. The first kappa shape index (κ1) is 37.5. The number of nitrogens with two attached hydrogens (primary N) is 1. The normalized spacial score (nSPS) is 31.4. The van der Waals surface area contributed by atoms with Crippen molar-refractivity contribution in [2.24, 2.45) is 33.5 Å². The van der Waals surface area contributed by atoms with Gasteiger partial charge in [-0.2, -0.15) is 0 Å². The van der Waals surface area contributed by atoms with Gasteiger partial charge in [0.25, 0.3) is 0 Å². The summed E-state index contributed by atoms with van der Waals surface area (Å²) in [4.78, 5) is 33.1. The molecule has 9 atom stereocenters. The van der Waals surface area contributed by atoms with Gasteiger partial charge in [-0.25, -0.2) is 4.99 Å². The number of aliphatic imine (C=N–C) groups is 2. The standard InChI is InChI=1S/C34H56N4O6/c1-8-9-10-24(5)37-34(36-7)22(3)13-16-32(41)38-28-17-23(4)29(43-25(28)6)14-11-21(2)12-15-30-33(42)26(20-39)18-27(44-30)19-31(35)40/h11-13,15-16,22-23,25-30,33,39,42H,8-10,14,17-20H2,1-7H3,(H2,35,40)(H,38,41)/b15-12+,16-13-,21-11+,36-34?,37-24?/t22?,23?,25?,26?,27-,28?,29?,30?,33-/m0/s1. The van der Waals surface area contributed by atoms with Crippen LogP contribution in [0.25, 0.3) is 0 Å². The molecule has 2 amide bonds. The third kappa shape index (κ3) is 12.4. The second-order valence-corrected chi connectivity index (χ2v) is 12.5. The predicted octanol–water partition coefficient (Wildman–Crippen LogP) is 4.05. The van der Waals surface area contributed by atoms with Crippen LogP contribution in [0.1, 0.15) is 86.5 Å². The summed E-state index contributed by atoms with van der Waals surface area (Å²) in [6.45, 7) is 12.1. The van der Waals surface area contributed by atoms with E-state index in [9.17, 15) is 19.8 Å². The van der Waals surface area contributed by atoms with Crippen LogP contribution in [0.3, 0.4) is 0 Å². The minimum Gasteiger partial charge on any atom is -0.396 e. The quantitative estimate of drug-likeness (QED) is 0.0999. The van der Waals surface area contributed by atoms with E-state index in [1.807, 2.05) is 39.8 Å². The van der Waals surface area contributed by atoms with E-state index in [1.54, 1.807) is 19.2 Å². The lowest BCUT2D eigenvalue weighted by Gasteiger charge is -2.39. The summed E-state index contributed by atoms with van der Waals surface area (Å²) in [6.07, 6.45) is 12.2. The van der Waals surface area contributed by atoms with Crippen LogP contribution in [-0.2, 0) is 19.1 Å². The van der Waals surface area contributed by atoms with Gasteiger partial charge in [0.2, 0.25) is 11.8 Å². The number of nitrogens with zero attached hydrogens (tertiary/aromatic N) is 2. The lowest BCUT2D eigenvalue weighted by molar-refractivity contribution is -0.144. The van der Waals surface area contributed by atoms with Crippen LogP contribution in [0.4, 0.5) is 0 Å². The Kier molecular flexibility index (Phi) is 16.2. The molecule has 0 aromatic rings. The molecule has 2 fully saturated rings. The maximum atomic E-state index is 12.8. The van der Waals surface area contributed by atoms with Gasteiger partial charge in [0.05, 0.1) is 36.9 Å². The molecule has 2 saturated heterocycles. The molecule has 2 aliphatic rings. The molecule has 0 aliphatic carbocycles. The molecule has 0 bridgehead atoms. The predicted molar refractivity (Wildman–Crippen MR) is 176 cm³/mol. The van der Waals surface area contributed by atoms with Crippen LogP contribution in [0.5, 0.6) is 0 Å². The number of hydrogen-bond acceptors (Lipinski definition) is 7. The Labute approximate surface area is 264 Å². The molecule has 10 nitrogen and oxygen atoms in total. The van der Waals surface area contributed by atoms with Crippen molar-refractivity contribution < 1.29 is 29.3 Å². The number of aliphatic hydroxyl groups excluding tert-OH is 2. The third-order valence-corrected chi connectivity index (χ3v) is 8.53. The smallest absolute Gasteiger partial charge is 0.243 e. The minimum absolute atomic E-state index is 0.00411. The number of unbranched alkanes of at least 4 members (excludes halogenated alkanes) is 1. The molecule has 0 aromatic heterocycles. The van der Waals surface area contributed by atoms with Gasteiger partial charge in [0, 0.05) is 31.2 Å². The first-order valence-corrected chi connectivity index (χ1v) is 16.1. The number of amides is 2. The van der Waals surface area contributed by atoms with Gasteiger partial charge < -0.3 is 30.7 Å². The largest absolute Gasteiger partial charge is 0.396 e. The molecule has 5 N–H and O–H groups in total. The summed E-state index contributed by atoms with van der Waals surface area (Å²) in [5.41, 5.74) is 7.36. The Morgan fingerprint density at radius 2 is 1.89 bits per heavy atom. The van der Waals surface area contributed by atoms with E-state index in [0.29, 0.717) is 12.8 Å². The first-order valence-electron chi connectivity index (χ1n) is 16.1. The minimum atomic E-state index is -0.865. The summed E-state index contributed by atoms with van der Waals surface area (Å²) in [5, 5.41) is 23.4. The second kappa shape index (κ2) is 19.0. The molecule has 0 aromatic carbocycles. The molecular weight excluding hydrogens is 560 g/mol. The van der Waals surface area contributed by atoms with Gasteiger partial charge in [-0.15, -0.1) is 0 Å². The van der Waals surface area contributed by atoms with E-state index < -0.39 is 24.2 Å². The lowest BCUT2D eigenvalue weighted by atomic mass is 9.87. The van der Waals surface area contributed by atoms with Crippen LogP contribution < -0.4 is 11.1 Å². The Hall–Kier alpha value is -2.66. The van der Waals surface area contributed by atoms with Crippen molar-refractivity contribution in [1.29, 1.82) is 0 Å². The molecule has 0 saturated carbocycles. The molecule has 7 unspecified atom stereocenters. The molecule has 2 aliphatic heterocycles. The average Bonchev–Trinajstić information content (AvgIpc) is 2.98. The summed E-state index contributed by atoms with van der Waals surface area (Å²) in [6, 6.07) is -0.0925. The van der Waals surface area contributed by atoms with Crippen LogP contribution in [-0.4, -0.2) is 83.8 Å². The van der Waals surface area contributed by atoms with Crippen molar-refractivity contribution in [3.05, 3.63) is 36.0 Å². The van der Waals surface area contributed by atoms with Gasteiger partial charge in [-0.3, -0.25) is 14.6 Å². The van der Waals surface area contributed by atoms with Crippen LogP contribution >= 0.6 is 0 Å². The zero-order valence-corrected chi connectivity index (χ0v) is 27.7. The summed E-state index contributed by atoms with van der Waals surface area (Å²) in [7, 11) is 1.73. The Morgan fingerprint density at radius 3 is 2.52 bits per heavy atom. The van der Waals surface area contributed by atoms with E-state index in [2.05, 4.69) is 35.2 Å². The van der Waals surface area contributed by atoms with Gasteiger partial charge in [-0.1, -0.05) is 57.1 Å². The second-order valence-electron chi connectivity index (χ2n) is 12.5. The van der Waals surface area contributed by atoms with E-state index in [-0.39, 0.29) is 54.9 Å². The highest BCUT2D eigenvalue weighted by atomic mass is 16.5. The summed E-state index contributed by atoms with van der Waals surface area (Å²) >= 11 is 0. The molecule has 44 heavy (non-hydrogen) atoms. The van der Waals surface area contributed by atoms with Gasteiger partial charge >= 0.3 is 0 Å². The number of rotatable bonds is 14. The van der Waals surface area contributed by atoms with Crippen LogP contribution in [0, 0.1) is 17.8 Å². The molecule has 0 radical (unpaired) electrons. The van der Waals surface area contributed by atoms with Gasteiger partial charge in [0.1, 0.15) is 11.9 Å². The number of ether oxygens (including phenoxy) is 2. The number of hydrogen-bond donors (Lipinski definition) is 4. The lowest BCUT2D eigenvalue weighted by Crippen LogP contribution is -2.50. The average molecular weight is 617 g/mol. The van der Waals surface area contributed by atoms with Crippen molar-refractivity contribution in [3.63, 3.8) is 0 Å². The zero-order valence-electron chi connectivity index (χ0n) is 27.7. The van der Waals surface area contributed by atoms with Gasteiger partial charge in [-0.05, 0) is 64.9 Å². The molecule has 248 valence electrons. The zero-order chi connectivity index (χ0) is 32.8. The number of primary amides is 1. The van der Waals surface area contributed by atoms with E-state index in [0.717, 1.165) is 42.8 Å². The summed E-state index contributed by atoms with van der Waals surface area (Å²) < 4.78 is 12.2. The fraction of sp³-hybridized carbons (Fsp3) is 0.706. The van der Waals surface area contributed by atoms with Crippen LogP contribution in [0.2, 0.25) is 0 Å². The Bertz CT molecular complexity index is 1080. The Balaban J connectivity index is 1.90. The third-order valence-electron chi connectivity index (χ3n) is 8.53. The molecule has 10 heteroatoms. The number of carbonyl (C=O) groups excluding carboxylic acids is 2. The van der Waals surface area contributed by atoms with Crippen molar-refractivity contribution in [2.45, 2.75) is 123 Å². The van der Waals surface area contributed by atoms with E-state index >= 15 is 0 Å². The number of amidine groups is 1. The molecule has 2 rings (SSSR count). The highest BCUT2D eigenvalue weighted by molar-refractivity contribution is 5.99. The van der Waals surface area contributed by atoms with Crippen molar-refractivity contribution in [1.82, 2.24) is 5.32 Å². The SMILES string of the molecule is CCCCC(C)=NC(=NC)C(C)/C=C\C(=O)NC1CC(C)C(C/C=C(C)/C=C/C2O[C@H](CC(N)=O)CC(CO)[C@@H]2O)OC1C. The van der Waals surface area contributed by atoms with Crippen molar-refractivity contribution in [2.75, 3.05) is 13.7 Å². The van der Waals surface area contributed by atoms with Crippen molar-refractivity contribution in [3.8, 4) is 0 Å².